The van der Waals surface area contributed by atoms with E-state index in [9.17, 15) is 0 Å². The first-order valence-electron chi connectivity index (χ1n) is 7.30. The molecule has 1 aromatic heterocycles. The zero-order valence-corrected chi connectivity index (χ0v) is 15.1. The van der Waals surface area contributed by atoms with Crippen LogP contribution in [-0.4, -0.2) is 43.1 Å². The summed E-state index contributed by atoms with van der Waals surface area (Å²) in [5, 5.41) is 5.03. The average molecular weight is 353 g/mol. The van der Waals surface area contributed by atoms with E-state index in [0.29, 0.717) is 24.7 Å². The van der Waals surface area contributed by atoms with E-state index in [2.05, 4.69) is 22.2 Å². The molecule has 0 amide bonds. The van der Waals surface area contributed by atoms with E-state index < -0.39 is 0 Å². The van der Waals surface area contributed by atoms with Gasteiger partial charge in [-0.05, 0) is 25.1 Å². The highest BCUT2D eigenvalue weighted by Gasteiger charge is 2.07. The van der Waals surface area contributed by atoms with Crippen molar-refractivity contribution in [2.45, 2.75) is 13.5 Å². The van der Waals surface area contributed by atoms with Crippen LogP contribution in [0.1, 0.15) is 9.88 Å². The molecule has 1 aromatic carbocycles. The van der Waals surface area contributed by atoms with Crippen molar-refractivity contribution in [3.05, 3.63) is 45.4 Å². The Morgan fingerprint density at radius 3 is 2.96 bits per heavy atom. The van der Waals surface area contributed by atoms with Gasteiger partial charge in [-0.1, -0.05) is 17.7 Å². The van der Waals surface area contributed by atoms with Crippen molar-refractivity contribution in [2.75, 3.05) is 27.2 Å². The molecule has 0 saturated heterocycles. The van der Waals surface area contributed by atoms with Gasteiger partial charge in [0.05, 0.1) is 13.1 Å². The molecule has 124 valence electrons. The van der Waals surface area contributed by atoms with Gasteiger partial charge in [0.25, 0.3) is 0 Å². The third kappa shape index (κ3) is 5.73. The molecule has 0 aliphatic heterocycles. The van der Waals surface area contributed by atoms with Crippen LogP contribution < -0.4 is 10.1 Å². The number of likely N-dealkylation sites (N-methyl/N-ethyl adjacent to an activating group) is 1. The van der Waals surface area contributed by atoms with Gasteiger partial charge in [0.1, 0.15) is 17.4 Å². The van der Waals surface area contributed by atoms with Gasteiger partial charge in [0.15, 0.2) is 5.96 Å². The molecule has 5 nitrogen and oxygen atoms in total. The van der Waals surface area contributed by atoms with Crippen LogP contribution in [0.25, 0.3) is 0 Å². The summed E-state index contributed by atoms with van der Waals surface area (Å²) in [6, 6.07) is 7.40. The third-order valence-corrected chi connectivity index (χ3v) is 4.28. The summed E-state index contributed by atoms with van der Waals surface area (Å²) in [5.74, 6) is 1.58. The minimum Gasteiger partial charge on any atom is -0.492 e. The molecule has 0 saturated carbocycles. The Morgan fingerprint density at radius 1 is 1.48 bits per heavy atom. The van der Waals surface area contributed by atoms with Gasteiger partial charge in [-0.25, -0.2) is 4.98 Å². The topological polar surface area (TPSA) is 49.8 Å². The highest BCUT2D eigenvalue weighted by atomic mass is 35.5. The maximum absolute atomic E-state index is 5.94. The van der Waals surface area contributed by atoms with Crippen molar-refractivity contribution in [3.8, 4) is 5.75 Å². The van der Waals surface area contributed by atoms with Crippen molar-refractivity contribution in [1.82, 2.24) is 15.2 Å². The lowest BCUT2D eigenvalue weighted by Gasteiger charge is -2.21. The van der Waals surface area contributed by atoms with Crippen molar-refractivity contribution < 1.29 is 4.74 Å². The first kappa shape index (κ1) is 17.6. The van der Waals surface area contributed by atoms with Crippen LogP contribution in [0.5, 0.6) is 5.75 Å². The fourth-order valence-corrected chi connectivity index (χ4v) is 2.89. The fraction of sp³-hybridized carbons (Fsp3) is 0.375. The number of thiazole rings is 1. The Morgan fingerprint density at radius 2 is 2.30 bits per heavy atom. The van der Waals surface area contributed by atoms with Gasteiger partial charge in [-0.15, -0.1) is 11.3 Å². The summed E-state index contributed by atoms with van der Waals surface area (Å²) in [6.45, 7) is 3.98. The van der Waals surface area contributed by atoms with E-state index in [1.54, 1.807) is 24.5 Å². The Bertz CT molecular complexity index is 659. The van der Waals surface area contributed by atoms with Gasteiger partial charge in [-0.2, -0.15) is 0 Å². The Balaban J connectivity index is 1.77. The number of aryl methyl sites for hydroxylation is 1. The van der Waals surface area contributed by atoms with Crippen LogP contribution in [0.15, 0.2) is 35.5 Å². The molecule has 0 radical (unpaired) electrons. The Hall–Kier alpha value is -1.79. The molecule has 0 aliphatic rings. The number of halogens is 1. The number of ether oxygens (including phenoxy) is 1. The minimum absolute atomic E-state index is 0.550. The lowest BCUT2D eigenvalue weighted by Crippen LogP contribution is -2.40. The zero-order chi connectivity index (χ0) is 16.7. The summed E-state index contributed by atoms with van der Waals surface area (Å²) >= 11 is 7.62. The second-order valence-corrected chi connectivity index (χ2v) is 6.75. The highest BCUT2D eigenvalue weighted by molar-refractivity contribution is 7.11. The number of aliphatic imine (C=N–C) groups is 1. The summed E-state index contributed by atoms with van der Waals surface area (Å²) < 4.78 is 5.70. The number of nitrogens with one attached hydrogen (secondary N) is 1. The number of benzene rings is 1. The predicted molar refractivity (Wildman–Crippen MR) is 96.6 cm³/mol. The van der Waals surface area contributed by atoms with Crippen LogP contribution in [0, 0.1) is 6.92 Å². The van der Waals surface area contributed by atoms with Crippen LogP contribution in [-0.2, 0) is 6.54 Å². The highest BCUT2D eigenvalue weighted by Crippen LogP contribution is 2.16. The van der Waals surface area contributed by atoms with Gasteiger partial charge in [0.2, 0.25) is 0 Å². The van der Waals surface area contributed by atoms with E-state index in [0.717, 1.165) is 16.7 Å². The second kappa shape index (κ2) is 8.74. The van der Waals surface area contributed by atoms with Crippen LogP contribution >= 0.6 is 22.9 Å². The van der Waals surface area contributed by atoms with E-state index in [1.165, 1.54) is 4.88 Å². The second-order valence-electron chi connectivity index (χ2n) is 4.99. The standard InChI is InChI=1S/C16H21ClN4OS/c1-12-10-19-15(23-12)11-20-16(18-2)21(3)7-8-22-14-6-4-5-13(17)9-14/h4-6,9-10H,7-8,11H2,1-3H3,(H,18,20). The smallest absolute Gasteiger partial charge is 0.193 e. The molecule has 1 N–H and O–H groups in total. The van der Waals surface area contributed by atoms with Gasteiger partial charge in [0, 0.05) is 30.2 Å². The maximum atomic E-state index is 5.94. The normalized spacial score (nSPS) is 11.4. The molecule has 7 heteroatoms. The van der Waals surface area contributed by atoms with Gasteiger partial charge >= 0.3 is 0 Å². The van der Waals surface area contributed by atoms with Crippen molar-refractivity contribution in [3.63, 3.8) is 0 Å². The van der Waals surface area contributed by atoms with E-state index in [1.807, 2.05) is 36.3 Å². The Kier molecular flexibility index (Phi) is 6.67. The van der Waals surface area contributed by atoms with Gasteiger partial charge < -0.3 is 15.0 Å². The molecule has 0 spiro atoms. The quantitative estimate of drug-likeness (QED) is 0.640. The molecular formula is C16H21ClN4OS. The summed E-state index contributed by atoms with van der Waals surface area (Å²) in [5.41, 5.74) is 0. The van der Waals surface area contributed by atoms with Crippen molar-refractivity contribution in [1.29, 1.82) is 0 Å². The molecule has 2 aromatic rings. The largest absolute Gasteiger partial charge is 0.492 e. The molecule has 0 bridgehead atoms. The number of nitrogens with zero attached hydrogens (tertiary/aromatic N) is 3. The summed E-state index contributed by atoms with van der Waals surface area (Å²) in [7, 11) is 3.74. The lowest BCUT2D eigenvalue weighted by atomic mass is 10.3. The SMILES string of the molecule is CN=C(NCc1ncc(C)s1)N(C)CCOc1cccc(Cl)c1. The van der Waals surface area contributed by atoms with E-state index >= 15 is 0 Å². The summed E-state index contributed by atoms with van der Waals surface area (Å²) in [4.78, 5) is 11.8. The minimum atomic E-state index is 0.550. The average Bonchev–Trinajstić information content (AvgIpc) is 2.93. The van der Waals surface area contributed by atoms with E-state index in [-0.39, 0.29) is 0 Å². The first-order valence-corrected chi connectivity index (χ1v) is 8.49. The number of guanidine groups is 1. The molecule has 0 unspecified atom stereocenters. The molecular weight excluding hydrogens is 332 g/mol. The Labute approximate surface area is 146 Å². The fourth-order valence-electron chi connectivity index (χ4n) is 1.99. The van der Waals surface area contributed by atoms with E-state index in [4.69, 9.17) is 16.3 Å². The molecule has 23 heavy (non-hydrogen) atoms. The van der Waals surface area contributed by atoms with Gasteiger partial charge in [-0.3, -0.25) is 4.99 Å². The van der Waals surface area contributed by atoms with Crippen LogP contribution in [0.2, 0.25) is 5.02 Å². The first-order chi connectivity index (χ1) is 11.1. The lowest BCUT2D eigenvalue weighted by molar-refractivity contribution is 0.281. The molecule has 0 fully saturated rings. The van der Waals surface area contributed by atoms with Crippen molar-refractivity contribution in [2.24, 2.45) is 4.99 Å². The number of hydrogen-bond acceptors (Lipinski definition) is 4. The maximum Gasteiger partial charge on any atom is 0.193 e. The molecule has 0 aliphatic carbocycles. The molecule has 2 rings (SSSR count). The molecule has 0 atom stereocenters. The monoisotopic (exact) mass is 352 g/mol. The third-order valence-electron chi connectivity index (χ3n) is 3.13. The van der Waals surface area contributed by atoms with Crippen molar-refractivity contribution >= 4 is 28.9 Å². The predicted octanol–water partition coefficient (Wildman–Crippen LogP) is 3.19. The number of rotatable bonds is 6. The molecule has 1 heterocycles. The number of hydrogen-bond donors (Lipinski definition) is 1. The van der Waals surface area contributed by atoms with Crippen LogP contribution in [0.4, 0.5) is 0 Å². The van der Waals surface area contributed by atoms with Crippen LogP contribution in [0.3, 0.4) is 0 Å². The zero-order valence-electron chi connectivity index (χ0n) is 13.5. The number of aromatic nitrogens is 1. The summed E-state index contributed by atoms with van der Waals surface area (Å²) in [6.07, 6.45) is 1.88.